The molecule has 0 unspecified atom stereocenters. The minimum Gasteiger partial charge on any atom is -0.494 e. The quantitative estimate of drug-likeness (QED) is 0.0834. The average molecular weight is 652 g/mol. The lowest BCUT2D eigenvalue weighted by Gasteiger charge is -2.18. The Morgan fingerprint density at radius 2 is 1.91 bits per heavy atom. The van der Waals surface area contributed by atoms with Crippen LogP contribution in [0.5, 0.6) is 11.5 Å². The summed E-state index contributed by atoms with van der Waals surface area (Å²) in [5.74, 6) is 0.211. The number of para-hydroxylation sites is 1. The minimum atomic E-state index is -1.15. The molecule has 3 aromatic carbocycles. The number of nitro benzene ring substituents is 1. The second-order valence-electron chi connectivity index (χ2n) is 9.99. The normalized spacial score (nSPS) is 12.1. The van der Waals surface area contributed by atoms with Crippen molar-refractivity contribution in [3.63, 3.8) is 0 Å². The van der Waals surface area contributed by atoms with Gasteiger partial charge in [-0.2, -0.15) is 9.78 Å². The summed E-state index contributed by atoms with van der Waals surface area (Å²) < 4.78 is 17.8. The van der Waals surface area contributed by atoms with Crippen molar-refractivity contribution in [3.05, 3.63) is 90.2 Å². The Morgan fingerprint density at radius 3 is 2.56 bits per heavy atom. The fourth-order valence-corrected chi connectivity index (χ4v) is 5.01. The third-order valence-corrected chi connectivity index (χ3v) is 7.13. The number of hydrogen-bond acceptors (Lipinski definition) is 9. The largest absolute Gasteiger partial charge is 0.494 e. The fourth-order valence-electron chi connectivity index (χ4n) is 4.55. The first-order chi connectivity index (χ1) is 20.5. The van der Waals surface area contributed by atoms with E-state index in [1.807, 2.05) is 39.8 Å². The van der Waals surface area contributed by atoms with Crippen LogP contribution in [-0.4, -0.2) is 46.6 Å². The Bertz CT molecular complexity index is 1800. The molecule has 0 aliphatic heterocycles. The molecule has 224 valence electrons. The van der Waals surface area contributed by atoms with Crippen LogP contribution < -0.4 is 15.0 Å². The molecular weight excluding hydrogens is 620 g/mol. The first kappa shape index (κ1) is 31.4. The molecule has 43 heavy (non-hydrogen) atoms. The van der Waals surface area contributed by atoms with Gasteiger partial charge in [0, 0.05) is 21.7 Å². The number of halogens is 1. The third-order valence-electron chi connectivity index (χ3n) is 6.67. The van der Waals surface area contributed by atoms with E-state index in [4.69, 9.17) is 19.2 Å². The zero-order chi connectivity index (χ0) is 31.4. The lowest BCUT2D eigenvalue weighted by atomic mass is 9.96. The highest BCUT2D eigenvalue weighted by molar-refractivity contribution is 9.10. The van der Waals surface area contributed by atoms with Gasteiger partial charge in [0.25, 0.3) is 5.56 Å². The SMILES string of the molecule is CCOc1cc(C)c(-c2nc3ccccc3c(=O)n2N=Cc2cc(Br)cc([N+](=O)[O-])c2O[C@H](C)C(=O)OC)cc1C(C)C. The molecule has 0 aliphatic rings. The van der Waals surface area contributed by atoms with Gasteiger partial charge in [-0.25, -0.2) is 9.78 Å². The Balaban J connectivity index is 1.99. The zero-order valence-electron chi connectivity index (χ0n) is 24.6. The topological polar surface area (TPSA) is 135 Å². The van der Waals surface area contributed by atoms with Crippen molar-refractivity contribution in [1.29, 1.82) is 0 Å². The summed E-state index contributed by atoms with van der Waals surface area (Å²) in [5, 5.41) is 16.8. The molecule has 0 fully saturated rings. The number of ether oxygens (including phenoxy) is 3. The average Bonchev–Trinajstić information content (AvgIpc) is 2.97. The number of nitro groups is 1. The highest BCUT2D eigenvalue weighted by Crippen LogP contribution is 2.36. The van der Waals surface area contributed by atoms with Crippen LogP contribution in [0.3, 0.4) is 0 Å². The molecule has 0 bridgehead atoms. The zero-order valence-corrected chi connectivity index (χ0v) is 26.2. The van der Waals surface area contributed by atoms with Gasteiger partial charge >= 0.3 is 11.7 Å². The highest BCUT2D eigenvalue weighted by Gasteiger charge is 2.26. The van der Waals surface area contributed by atoms with Crippen LogP contribution >= 0.6 is 15.9 Å². The number of benzene rings is 3. The Labute approximate surface area is 256 Å². The van der Waals surface area contributed by atoms with E-state index in [-0.39, 0.29) is 23.1 Å². The molecule has 0 spiro atoms. The minimum absolute atomic E-state index is 0.115. The predicted molar refractivity (Wildman–Crippen MR) is 167 cm³/mol. The van der Waals surface area contributed by atoms with Crippen LogP contribution in [0.1, 0.15) is 50.3 Å². The molecule has 12 heteroatoms. The standard InChI is InChI=1S/C31H31BrN4O7/c1-7-42-27-12-18(4)24(15-23(27)17(2)3)29-34-25-11-9-8-10-22(25)30(37)35(29)33-16-20-13-21(32)14-26(36(39)40)28(20)43-19(5)31(38)41-6/h8-17,19H,7H2,1-6H3/t19-/m1/s1. The monoisotopic (exact) mass is 650 g/mol. The van der Waals surface area contributed by atoms with Gasteiger partial charge in [0.15, 0.2) is 11.9 Å². The molecule has 1 atom stereocenters. The molecule has 4 rings (SSSR count). The number of carbonyl (C=O) groups excluding carboxylic acids is 1. The first-order valence-corrected chi connectivity index (χ1v) is 14.3. The van der Waals surface area contributed by atoms with E-state index in [2.05, 4.69) is 21.0 Å². The van der Waals surface area contributed by atoms with Crippen LogP contribution in [0.4, 0.5) is 5.69 Å². The number of methoxy groups -OCH3 is 1. The number of aryl methyl sites for hydroxylation is 1. The second-order valence-corrected chi connectivity index (χ2v) is 10.9. The third kappa shape index (κ3) is 6.59. The maximum Gasteiger partial charge on any atom is 0.346 e. The molecule has 1 heterocycles. The summed E-state index contributed by atoms with van der Waals surface area (Å²) in [6, 6.07) is 13.6. The van der Waals surface area contributed by atoms with Crippen molar-refractivity contribution < 1.29 is 23.9 Å². The maximum absolute atomic E-state index is 13.9. The van der Waals surface area contributed by atoms with Gasteiger partial charge in [-0.1, -0.05) is 41.9 Å². The molecule has 11 nitrogen and oxygen atoms in total. The molecule has 4 aromatic rings. The van der Waals surface area contributed by atoms with E-state index < -0.39 is 28.2 Å². The van der Waals surface area contributed by atoms with Gasteiger partial charge < -0.3 is 14.2 Å². The van der Waals surface area contributed by atoms with Crippen LogP contribution in [-0.2, 0) is 9.53 Å². The molecule has 0 N–H and O–H groups in total. The summed E-state index contributed by atoms with van der Waals surface area (Å²) in [4.78, 5) is 42.0. The molecule has 0 saturated carbocycles. The Hall–Kier alpha value is -4.58. The number of carbonyl (C=O) groups is 1. The lowest BCUT2D eigenvalue weighted by Crippen LogP contribution is -2.26. The van der Waals surface area contributed by atoms with Crippen molar-refractivity contribution in [2.75, 3.05) is 13.7 Å². The fraction of sp³-hybridized carbons (Fsp3) is 0.290. The smallest absolute Gasteiger partial charge is 0.346 e. The predicted octanol–water partition coefficient (Wildman–Crippen LogP) is 6.39. The van der Waals surface area contributed by atoms with Crippen molar-refractivity contribution >= 4 is 44.7 Å². The van der Waals surface area contributed by atoms with E-state index in [1.54, 1.807) is 24.3 Å². The van der Waals surface area contributed by atoms with E-state index in [0.717, 1.165) is 21.6 Å². The van der Waals surface area contributed by atoms with E-state index in [0.29, 0.717) is 27.5 Å². The van der Waals surface area contributed by atoms with E-state index in [1.165, 1.54) is 32.4 Å². The van der Waals surface area contributed by atoms with Crippen LogP contribution in [0, 0.1) is 17.0 Å². The van der Waals surface area contributed by atoms with Gasteiger partial charge in [-0.05, 0) is 68.1 Å². The number of esters is 1. The van der Waals surface area contributed by atoms with E-state index >= 15 is 0 Å². The number of aromatic nitrogens is 2. The summed E-state index contributed by atoms with van der Waals surface area (Å²) >= 11 is 3.29. The second kappa shape index (κ2) is 13.2. The molecule has 0 saturated heterocycles. The number of rotatable bonds is 10. The van der Waals surface area contributed by atoms with E-state index in [9.17, 15) is 19.7 Å². The van der Waals surface area contributed by atoms with Crippen molar-refractivity contribution in [3.8, 4) is 22.9 Å². The van der Waals surface area contributed by atoms with Crippen LogP contribution in [0.15, 0.2) is 62.9 Å². The number of fused-ring (bicyclic) bond motifs is 1. The van der Waals surface area contributed by atoms with Gasteiger partial charge in [0.1, 0.15) is 5.75 Å². The van der Waals surface area contributed by atoms with Crippen molar-refractivity contribution in [1.82, 2.24) is 9.66 Å². The molecular formula is C31H31BrN4O7. The first-order valence-electron chi connectivity index (χ1n) is 13.5. The molecule has 1 aromatic heterocycles. The number of nitrogens with zero attached hydrogens (tertiary/aromatic N) is 4. The maximum atomic E-state index is 13.9. The molecule has 0 aliphatic carbocycles. The number of hydrogen-bond donors (Lipinski definition) is 0. The summed E-state index contributed by atoms with van der Waals surface area (Å²) in [5.41, 5.74) is 2.22. The van der Waals surface area contributed by atoms with Gasteiger partial charge in [-0.15, -0.1) is 0 Å². The Morgan fingerprint density at radius 1 is 1.19 bits per heavy atom. The van der Waals surface area contributed by atoms with Gasteiger partial charge in [0.05, 0.1) is 35.8 Å². The lowest BCUT2D eigenvalue weighted by molar-refractivity contribution is -0.386. The van der Waals surface area contributed by atoms with Crippen molar-refractivity contribution in [2.24, 2.45) is 5.10 Å². The summed E-state index contributed by atoms with van der Waals surface area (Å²) in [6.45, 7) is 9.82. The van der Waals surface area contributed by atoms with Crippen LogP contribution in [0.25, 0.3) is 22.3 Å². The molecule has 0 amide bonds. The summed E-state index contributed by atoms with van der Waals surface area (Å²) in [7, 11) is 1.19. The van der Waals surface area contributed by atoms with Gasteiger partial charge in [-0.3, -0.25) is 14.9 Å². The molecule has 0 radical (unpaired) electrons. The van der Waals surface area contributed by atoms with Gasteiger partial charge in [0.2, 0.25) is 5.75 Å². The Kier molecular flexibility index (Phi) is 9.59. The van der Waals surface area contributed by atoms with Crippen molar-refractivity contribution in [2.45, 2.75) is 46.6 Å². The van der Waals surface area contributed by atoms with Crippen LogP contribution in [0.2, 0.25) is 0 Å². The highest BCUT2D eigenvalue weighted by atomic mass is 79.9. The summed E-state index contributed by atoms with van der Waals surface area (Å²) in [6.07, 6.45) is 0.115.